The number of aliphatic carboxylic acids is 1. The number of carboxylic acid groups (broad SMARTS) is 1. The molecule has 3 aromatic rings. The summed E-state index contributed by atoms with van der Waals surface area (Å²) in [5.41, 5.74) is 3.63. The topological polar surface area (TPSA) is 140 Å². The highest BCUT2D eigenvalue weighted by atomic mass is 19.4. The highest BCUT2D eigenvalue weighted by Crippen LogP contribution is 2.38. The molecule has 0 fully saturated rings. The minimum absolute atomic E-state index is 0.0857. The number of carbonyl (C=O) groups excluding carboxylic acids is 1. The molecule has 0 saturated carbocycles. The molecule has 0 amide bonds. The van der Waals surface area contributed by atoms with Crippen LogP contribution in [0.2, 0.25) is 0 Å². The number of aromatic amines is 1. The number of nitrogens with zero attached hydrogens (tertiary/aromatic N) is 2. The van der Waals surface area contributed by atoms with Crippen LogP contribution >= 0.6 is 0 Å². The van der Waals surface area contributed by atoms with E-state index in [1.54, 1.807) is 18.2 Å². The van der Waals surface area contributed by atoms with Crippen LogP contribution in [-0.2, 0) is 4.79 Å². The van der Waals surface area contributed by atoms with Crippen molar-refractivity contribution in [1.82, 2.24) is 15.2 Å². The summed E-state index contributed by atoms with van der Waals surface area (Å²) in [4.78, 5) is 11.3. The molecule has 0 aliphatic heterocycles. The Balaban J connectivity index is 0.000000572. The largest absolute Gasteiger partial charge is 0.542 e. The number of quaternary nitrogens is 1. The number of hydrogen-bond acceptors (Lipinski definition) is 7. The van der Waals surface area contributed by atoms with E-state index in [4.69, 9.17) is 19.4 Å². The zero-order valence-corrected chi connectivity index (χ0v) is 18.3. The number of alkyl halides is 3. The number of aromatic nitrogens is 3. The number of carbonyl (C=O) groups is 1. The van der Waals surface area contributed by atoms with Crippen molar-refractivity contribution >= 4 is 17.5 Å². The number of nitrogens with one attached hydrogen (secondary N) is 2. The van der Waals surface area contributed by atoms with Crippen molar-refractivity contribution in [2.24, 2.45) is 0 Å². The van der Waals surface area contributed by atoms with Crippen LogP contribution < -0.4 is 25.6 Å². The third-order valence-electron chi connectivity index (χ3n) is 4.19. The molecule has 0 spiro atoms. The van der Waals surface area contributed by atoms with Crippen LogP contribution in [0, 0.1) is 23.5 Å². The summed E-state index contributed by atoms with van der Waals surface area (Å²) >= 11 is 0. The number of hydrogen-bond donors (Lipinski definition) is 3. The molecule has 0 atom stereocenters. The Morgan fingerprint density at radius 3 is 2.25 bits per heavy atom. The third-order valence-corrected chi connectivity index (χ3v) is 4.19. The lowest BCUT2D eigenvalue weighted by Gasteiger charge is -2.13. The fourth-order valence-corrected chi connectivity index (χ4v) is 2.59. The van der Waals surface area contributed by atoms with Gasteiger partial charge in [-0.2, -0.15) is 40.8 Å². The second kappa shape index (κ2) is 12.1. The first-order chi connectivity index (χ1) is 16.9. The molecular weight excluding hydrogens is 507 g/mol. The number of H-pyrrole nitrogens is 1. The molecule has 2 heterocycles. The molecule has 9 nitrogen and oxygen atoms in total. The third kappa shape index (κ3) is 6.97. The van der Waals surface area contributed by atoms with Crippen LogP contribution in [0.25, 0.3) is 11.3 Å². The standard InChI is InChI=1S/C18H17F4N5O2.C2HF3O2/c1-28-10-4-2-5-11(29-7-3-6-23)13(10)9-8-12(27-26-9)24-16-14(19)17(21)25-18(22)15(16)20;3-2(4,5)1(6)7/h2,4-5,8H,3,6-7,23H2,1H3,(H2,24,25,26,27);(H,6,7). The molecule has 5 N–H and O–H groups in total. The molecule has 196 valence electrons. The van der Waals surface area contributed by atoms with Gasteiger partial charge >= 0.3 is 6.18 Å². The van der Waals surface area contributed by atoms with Crippen molar-refractivity contribution in [2.45, 2.75) is 12.6 Å². The maximum atomic E-state index is 13.8. The van der Waals surface area contributed by atoms with E-state index >= 15 is 0 Å². The number of pyridine rings is 1. The molecule has 0 radical (unpaired) electrons. The molecular formula is C20H18F7N5O4. The lowest BCUT2D eigenvalue weighted by atomic mass is 10.1. The number of carboxylic acids is 1. The molecule has 36 heavy (non-hydrogen) atoms. The van der Waals surface area contributed by atoms with Gasteiger partial charge in [-0.05, 0) is 12.1 Å². The predicted octanol–water partition coefficient (Wildman–Crippen LogP) is 2.09. The van der Waals surface area contributed by atoms with Gasteiger partial charge in [0.1, 0.15) is 23.2 Å². The lowest BCUT2D eigenvalue weighted by molar-refractivity contribution is -0.368. The van der Waals surface area contributed by atoms with Crippen molar-refractivity contribution in [3.63, 3.8) is 0 Å². The number of benzene rings is 1. The summed E-state index contributed by atoms with van der Waals surface area (Å²) in [6, 6.07) is 6.55. The number of methoxy groups -OCH3 is 1. The summed E-state index contributed by atoms with van der Waals surface area (Å²) in [6.45, 7) is 1.13. The number of anilines is 2. The smallest absolute Gasteiger partial charge is 0.430 e. The van der Waals surface area contributed by atoms with Crippen LogP contribution in [-0.4, -0.2) is 47.6 Å². The average Bonchev–Trinajstić information content (AvgIpc) is 3.28. The quantitative estimate of drug-likeness (QED) is 0.233. The molecule has 0 unspecified atom stereocenters. The molecule has 3 rings (SSSR count). The SMILES string of the molecule is COc1cccc(OCCC[NH3+])c1-c1cc(Nc2c(F)c(F)nc(F)c2F)n[nH]1.O=C([O-])C(F)(F)F. The van der Waals surface area contributed by atoms with E-state index in [0.717, 1.165) is 6.42 Å². The summed E-state index contributed by atoms with van der Waals surface area (Å²) in [7, 11) is 1.47. The Bertz CT molecular complexity index is 1180. The van der Waals surface area contributed by atoms with E-state index < -0.39 is 41.4 Å². The zero-order chi connectivity index (χ0) is 27.0. The van der Waals surface area contributed by atoms with Crippen molar-refractivity contribution < 1.29 is 55.8 Å². The van der Waals surface area contributed by atoms with E-state index in [1.807, 2.05) is 0 Å². The van der Waals surface area contributed by atoms with Gasteiger partial charge in [0.2, 0.25) is 11.6 Å². The minimum Gasteiger partial charge on any atom is -0.542 e. The number of halogens is 7. The van der Waals surface area contributed by atoms with Gasteiger partial charge < -0.3 is 30.4 Å². The second-order valence-corrected chi connectivity index (χ2v) is 6.66. The molecule has 0 aliphatic rings. The monoisotopic (exact) mass is 525 g/mol. The van der Waals surface area contributed by atoms with Gasteiger partial charge in [-0.1, -0.05) is 6.07 Å². The lowest BCUT2D eigenvalue weighted by Crippen LogP contribution is -2.50. The van der Waals surface area contributed by atoms with E-state index in [1.165, 1.54) is 13.2 Å². The van der Waals surface area contributed by atoms with Crippen molar-refractivity contribution in [1.29, 1.82) is 0 Å². The molecule has 1 aromatic carbocycles. The van der Waals surface area contributed by atoms with Crippen molar-refractivity contribution in [3.8, 4) is 22.8 Å². The maximum Gasteiger partial charge on any atom is 0.430 e. The summed E-state index contributed by atoms with van der Waals surface area (Å²) in [5.74, 6) is -9.01. The van der Waals surface area contributed by atoms with Crippen LogP contribution in [0.4, 0.5) is 42.2 Å². The van der Waals surface area contributed by atoms with Crippen molar-refractivity contribution in [2.75, 3.05) is 25.6 Å². The Morgan fingerprint density at radius 2 is 1.72 bits per heavy atom. The summed E-state index contributed by atoms with van der Waals surface area (Å²) in [6.07, 6.45) is -4.45. The van der Waals surface area contributed by atoms with Gasteiger partial charge in [-0.3, -0.25) is 5.10 Å². The average molecular weight is 525 g/mol. The van der Waals surface area contributed by atoms with Crippen molar-refractivity contribution in [3.05, 3.63) is 47.8 Å². The second-order valence-electron chi connectivity index (χ2n) is 6.66. The fraction of sp³-hybridized carbons (Fsp3) is 0.250. The highest BCUT2D eigenvalue weighted by molar-refractivity contribution is 5.76. The Hall–Kier alpha value is -4.08. The molecule has 16 heteroatoms. The van der Waals surface area contributed by atoms with E-state index in [-0.39, 0.29) is 5.82 Å². The highest BCUT2D eigenvalue weighted by Gasteiger charge is 2.29. The Kier molecular flexibility index (Phi) is 9.43. The summed E-state index contributed by atoms with van der Waals surface area (Å²) in [5, 5.41) is 17.6. The van der Waals surface area contributed by atoms with Crippen LogP contribution in [0.15, 0.2) is 24.3 Å². The van der Waals surface area contributed by atoms with Crippen LogP contribution in [0.3, 0.4) is 0 Å². The van der Waals surface area contributed by atoms with Gasteiger partial charge in [-0.15, -0.1) is 0 Å². The first-order valence-corrected chi connectivity index (χ1v) is 9.80. The van der Waals surface area contributed by atoms with Gasteiger partial charge in [0.25, 0.3) is 11.9 Å². The van der Waals surface area contributed by atoms with Gasteiger partial charge in [0.05, 0.1) is 31.5 Å². The van der Waals surface area contributed by atoms with Crippen LogP contribution in [0.5, 0.6) is 11.5 Å². The predicted molar refractivity (Wildman–Crippen MR) is 107 cm³/mol. The first kappa shape index (κ1) is 28.2. The zero-order valence-electron chi connectivity index (χ0n) is 18.3. The van der Waals surface area contributed by atoms with Gasteiger partial charge in [-0.25, -0.2) is 0 Å². The normalized spacial score (nSPS) is 10.9. The maximum absolute atomic E-state index is 13.8. The van der Waals surface area contributed by atoms with E-state index in [2.05, 4.69) is 26.2 Å². The number of rotatable bonds is 8. The molecule has 0 aliphatic carbocycles. The van der Waals surface area contributed by atoms with E-state index in [0.29, 0.717) is 35.9 Å². The van der Waals surface area contributed by atoms with Gasteiger partial charge in [0.15, 0.2) is 5.82 Å². The minimum atomic E-state index is -5.19. The first-order valence-electron chi connectivity index (χ1n) is 9.80. The number of ether oxygens (including phenoxy) is 2. The fourth-order valence-electron chi connectivity index (χ4n) is 2.59. The Labute approximate surface area is 198 Å². The Morgan fingerprint density at radius 1 is 1.14 bits per heavy atom. The molecule has 2 aromatic heterocycles. The van der Waals surface area contributed by atoms with Crippen LogP contribution in [0.1, 0.15) is 6.42 Å². The molecule has 0 saturated heterocycles. The molecule has 0 bridgehead atoms. The van der Waals surface area contributed by atoms with E-state index in [9.17, 15) is 30.7 Å². The van der Waals surface area contributed by atoms with Gasteiger partial charge in [0, 0.05) is 12.5 Å². The summed E-state index contributed by atoms with van der Waals surface area (Å²) < 4.78 is 96.9.